The van der Waals surface area contributed by atoms with Crippen molar-refractivity contribution in [2.45, 2.75) is 37.9 Å². The van der Waals surface area contributed by atoms with Gasteiger partial charge in [0.1, 0.15) is 29.7 Å². The fraction of sp³-hybridized carbons (Fsp3) is 0.214. The van der Waals surface area contributed by atoms with E-state index in [1.807, 2.05) is 0 Å². The van der Waals surface area contributed by atoms with Gasteiger partial charge in [0.25, 0.3) is 12.3 Å². The molecule has 0 bridgehead atoms. The molecule has 2 heterocycles. The Morgan fingerprint density at radius 3 is 2.28 bits per heavy atom. The number of alkyl halides is 5. The average Bonchev–Trinajstić information content (AvgIpc) is 3.24. The SMILES string of the molecule is NC(=O)c1cc(-c2cccnc2[C@@H](CC(=O)Cn2nc(C(F)(F)F)c(Br)c2C(F)F)Cc2cc(F)cc(F)c2)ccc1F. The number of primary amides is 1. The number of hydrogen-bond donors (Lipinski definition) is 1. The maximum absolute atomic E-state index is 14.2. The van der Waals surface area contributed by atoms with Crippen LogP contribution in [0, 0.1) is 17.5 Å². The van der Waals surface area contributed by atoms with Gasteiger partial charge in [-0.05, 0) is 63.8 Å². The van der Waals surface area contributed by atoms with E-state index in [9.17, 15) is 44.7 Å². The van der Waals surface area contributed by atoms with Crippen LogP contribution in [-0.2, 0) is 23.9 Å². The summed E-state index contributed by atoms with van der Waals surface area (Å²) >= 11 is 2.49. The largest absolute Gasteiger partial charge is 0.436 e. The summed E-state index contributed by atoms with van der Waals surface area (Å²) in [5.74, 6) is -5.70. The Hall–Kier alpha value is -4.14. The quantitative estimate of drug-likeness (QED) is 0.181. The van der Waals surface area contributed by atoms with Gasteiger partial charge in [-0.2, -0.15) is 18.3 Å². The zero-order valence-electron chi connectivity index (χ0n) is 21.6. The molecule has 0 fully saturated rings. The monoisotopic (exact) mass is 674 g/mol. The second-order valence-corrected chi connectivity index (χ2v) is 10.2. The molecule has 0 saturated carbocycles. The van der Waals surface area contributed by atoms with E-state index in [0.717, 1.165) is 24.3 Å². The van der Waals surface area contributed by atoms with E-state index in [2.05, 4.69) is 26.0 Å². The molecule has 0 radical (unpaired) electrons. The van der Waals surface area contributed by atoms with Crippen LogP contribution in [0.4, 0.5) is 35.1 Å². The van der Waals surface area contributed by atoms with Crippen molar-refractivity contribution in [3.8, 4) is 11.1 Å². The number of pyridine rings is 1. The number of rotatable bonds is 10. The lowest BCUT2D eigenvalue weighted by molar-refractivity contribution is -0.142. The molecular weight excluding hydrogens is 656 g/mol. The molecule has 4 rings (SSSR count). The third-order valence-corrected chi connectivity index (χ3v) is 7.16. The first-order valence-electron chi connectivity index (χ1n) is 12.3. The number of halogens is 9. The van der Waals surface area contributed by atoms with Crippen molar-refractivity contribution in [1.82, 2.24) is 14.8 Å². The molecule has 2 aromatic carbocycles. The van der Waals surface area contributed by atoms with Crippen LogP contribution in [0.5, 0.6) is 0 Å². The predicted molar refractivity (Wildman–Crippen MR) is 140 cm³/mol. The second kappa shape index (κ2) is 12.6. The molecule has 1 amide bonds. The molecule has 2 aromatic heterocycles. The summed E-state index contributed by atoms with van der Waals surface area (Å²) in [6, 6.07) is 9.06. The van der Waals surface area contributed by atoms with Gasteiger partial charge in [-0.15, -0.1) is 0 Å². The first-order valence-corrected chi connectivity index (χ1v) is 13.1. The van der Waals surface area contributed by atoms with E-state index < -0.39 is 82.1 Å². The molecule has 0 unspecified atom stereocenters. The Morgan fingerprint density at radius 1 is 1.00 bits per heavy atom. The van der Waals surface area contributed by atoms with Crippen LogP contribution in [0.3, 0.4) is 0 Å². The van der Waals surface area contributed by atoms with Gasteiger partial charge >= 0.3 is 6.18 Å². The fourth-order valence-corrected chi connectivity index (χ4v) is 5.30. The third kappa shape index (κ3) is 7.27. The standard InChI is InChI=1S/C28H19BrF8N4O2/c29-22-24(26(33)34)41(40-25(22)28(35,36)37)12-18(42)9-15(6-13-7-16(30)11-17(31)8-13)23-19(2-1-5-39-23)14-3-4-21(32)20(10-14)27(38)43/h1-5,7-8,10-11,15,26H,6,9,12H2,(H2,38,43)/t15-/m1/s1. The number of amides is 1. The van der Waals surface area contributed by atoms with Crippen molar-refractivity contribution >= 4 is 27.6 Å². The normalized spacial score (nSPS) is 12.5. The predicted octanol–water partition coefficient (Wildman–Crippen LogP) is 7.17. The van der Waals surface area contributed by atoms with Crippen LogP contribution >= 0.6 is 15.9 Å². The van der Waals surface area contributed by atoms with E-state index in [4.69, 9.17) is 5.73 Å². The summed E-state index contributed by atoms with van der Waals surface area (Å²) in [5.41, 5.74) is 2.74. The van der Waals surface area contributed by atoms with E-state index in [1.54, 1.807) is 0 Å². The molecule has 0 spiro atoms. The highest BCUT2D eigenvalue weighted by Gasteiger charge is 2.40. The molecule has 4 aromatic rings. The van der Waals surface area contributed by atoms with Crippen molar-refractivity contribution in [2.75, 3.05) is 0 Å². The van der Waals surface area contributed by atoms with Crippen molar-refractivity contribution in [1.29, 1.82) is 0 Å². The van der Waals surface area contributed by atoms with Crippen LogP contribution in [0.15, 0.2) is 59.2 Å². The lowest BCUT2D eigenvalue weighted by Gasteiger charge is -2.20. The summed E-state index contributed by atoms with van der Waals surface area (Å²) in [7, 11) is 0. The molecule has 43 heavy (non-hydrogen) atoms. The Balaban J connectivity index is 1.77. The van der Waals surface area contributed by atoms with Gasteiger partial charge in [-0.3, -0.25) is 19.3 Å². The van der Waals surface area contributed by atoms with Crippen molar-refractivity contribution < 1.29 is 44.7 Å². The van der Waals surface area contributed by atoms with Gasteiger partial charge < -0.3 is 5.73 Å². The molecule has 2 N–H and O–H groups in total. The number of aromatic nitrogens is 3. The highest BCUT2D eigenvalue weighted by molar-refractivity contribution is 9.10. The minimum absolute atomic E-state index is 0.0818. The highest BCUT2D eigenvalue weighted by Crippen LogP contribution is 2.39. The third-order valence-electron chi connectivity index (χ3n) is 6.38. The molecule has 15 heteroatoms. The summed E-state index contributed by atoms with van der Waals surface area (Å²) < 4.78 is 109. The van der Waals surface area contributed by atoms with E-state index in [0.29, 0.717) is 6.07 Å². The number of nitrogens with zero attached hydrogens (tertiary/aromatic N) is 3. The number of hydrogen-bond acceptors (Lipinski definition) is 4. The summed E-state index contributed by atoms with van der Waals surface area (Å²) in [6.45, 7) is -0.993. The number of ketones is 1. The molecule has 1 atom stereocenters. The number of Topliss-reactive ketones (excluding diaryl/α,β-unsaturated/α-hetero) is 1. The highest BCUT2D eigenvalue weighted by atomic mass is 79.9. The Kier molecular flexibility index (Phi) is 9.32. The molecule has 6 nitrogen and oxygen atoms in total. The van der Waals surface area contributed by atoms with Gasteiger partial charge in [0.2, 0.25) is 0 Å². The lowest BCUT2D eigenvalue weighted by atomic mass is 9.86. The maximum Gasteiger partial charge on any atom is 0.436 e. The van der Waals surface area contributed by atoms with Gasteiger partial charge in [0, 0.05) is 30.2 Å². The van der Waals surface area contributed by atoms with Crippen LogP contribution in [0.1, 0.15) is 51.8 Å². The van der Waals surface area contributed by atoms with Crippen LogP contribution in [0.2, 0.25) is 0 Å². The lowest BCUT2D eigenvalue weighted by Crippen LogP contribution is -2.19. The first-order chi connectivity index (χ1) is 20.1. The Morgan fingerprint density at radius 2 is 1.67 bits per heavy atom. The van der Waals surface area contributed by atoms with Gasteiger partial charge in [-0.25, -0.2) is 22.0 Å². The topological polar surface area (TPSA) is 90.9 Å². The molecule has 0 aliphatic heterocycles. The van der Waals surface area contributed by atoms with Crippen molar-refractivity contribution in [2.24, 2.45) is 5.73 Å². The van der Waals surface area contributed by atoms with Gasteiger partial charge in [0.15, 0.2) is 11.5 Å². The number of nitrogens with two attached hydrogens (primary N) is 1. The molecular formula is C28H19BrF8N4O2. The van der Waals surface area contributed by atoms with Gasteiger partial charge in [-0.1, -0.05) is 12.1 Å². The average molecular weight is 675 g/mol. The smallest absolute Gasteiger partial charge is 0.366 e. The van der Waals surface area contributed by atoms with Crippen molar-refractivity contribution in [3.05, 3.63) is 105 Å². The van der Waals surface area contributed by atoms with Gasteiger partial charge in [0.05, 0.1) is 15.7 Å². The molecule has 226 valence electrons. The first kappa shape index (κ1) is 31.8. The Bertz CT molecular complexity index is 1670. The van der Waals surface area contributed by atoms with Crippen LogP contribution in [-0.4, -0.2) is 26.5 Å². The van der Waals surface area contributed by atoms with Crippen molar-refractivity contribution in [3.63, 3.8) is 0 Å². The zero-order valence-corrected chi connectivity index (χ0v) is 23.2. The summed E-state index contributed by atoms with van der Waals surface area (Å²) in [4.78, 5) is 29.2. The summed E-state index contributed by atoms with van der Waals surface area (Å²) in [5, 5.41) is 3.18. The van der Waals surface area contributed by atoms with E-state index >= 15 is 0 Å². The summed E-state index contributed by atoms with van der Waals surface area (Å²) in [6.07, 6.45) is -7.96. The Labute approximate surface area is 246 Å². The molecule has 0 aliphatic carbocycles. The van der Waals surface area contributed by atoms with Crippen LogP contribution < -0.4 is 5.73 Å². The number of carbonyl (C=O) groups excluding carboxylic acids is 2. The molecule has 0 aliphatic rings. The fourth-order valence-electron chi connectivity index (χ4n) is 4.62. The van der Waals surface area contributed by atoms with Crippen LogP contribution in [0.25, 0.3) is 11.1 Å². The minimum Gasteiger partial charge on any atom is -0.366 e. The number of carbonyl (C=O) groups is 2. The van der Waals surface area contributed by atoms with E-state index in [1.165, 1.54) is 24.4 Å². The maximum atomic E-state index is 14.2. The minimum atomic E-state index is -5.09. The zero-order chi connectivity index (χ0) is 31.6. The second-order valence-electron chi connectivity index (χ2n) is 9.42. The number of benzene rings is 2. The molecule has 0 saturated heterocycles. The van der Waals surface area contributed by atoms with E-state index in [-0.39, 0.29) is 33.5 Å².